The topological polar surface area (TPSA) is 103 Å². The molecule has 0 atom stereocenters. The molecule has 2 aromatic rings. The van der Waals surface area contributed by atoms with Gasteiger partial charge in [0.15, 0.2) is 0 Å². The molecule has 0 aliphatic rings. The molecule has 102 valence electrons. The van der Waals surface area contributed by atoms with Crippen LogP contribution in [0, 0.1) is 15.9 Å². The summed E-state index contributed by atoms with van der Waals surface area (Å²) in [5.41, 5.74) is -0.816. The zero-order chi connectivity index (χ0) is 14.7. The highest BCUT2D eigenvalue weighted by Gasteiger charge is 2.14. The van der Waals surface area contributed by atoms with Crippen molar-refractivity contribution < 1.29 is 24.0 Å². The molecule has 0 saturated carbocycles. The number of benzene rings is 1. The lowest BCUT2D eigenvalue weighted by Gasteiger charge is -2.05. The number of ether oxygens (including phenoxy) is 1. The van der Waals surface area contributed by atoms with Crippen molar-refractivity contribution >= 4 is 11.7 Å². The first kappa shape index (κ1) is 13.4. The molecular weight excluding hydrogens is 271 g/mol. The van der Waals surface area contributed by atoms with Gasteiger partial charge < -0.3 is 9.84 Å². The summed E-state index contributed by atoms with van der Waals surface area (Å²) in [4.78, 5) is 23.8. The summed E-state index contributed by atoms with van der Waals surface area (Å²) >= 11 is 0. The van der Waals surface area contributed by atoms with Gasteiger partial charge in [-0.3, -0.25) is 10.1 Å². The normalized spacial score (nSPS) is 10.1. The molecule has 1 heterocycles. The van der Waals surface area contributed by atoms with Crippen LogP contribution >= 0.6 is 0 Å². The Morgan fingerprint density at radius 2 is 2.00 bits per heavy atom. The Bertz CT molecular complexity index is 672. The third kappa shape index (κ3) is 2.86. The number of nitro groups is 1. The van der Waals surface area contributed by atoms with Crippen LogP contribution in [0.2, 0.25) is 0 Å². The number of nitrogens with zero attached hydrogens (tertiary/aromatic N) is 2. The summed E-state index contributed by atoms with van der Waals surface area (Å²) in [5, 5.41) is 19.1. The van der Waals surface area contributed by atoms with E-state index in [9.17, 15) is 19.3 Å². The summed E-state index contributed by atoms with van der Waals surface area (Å²) in [7, 11) is 0. The first-order chi connectivity index (χ1) is 9.47. The molecule has 0 fully saturated rings. The van der Waals surface area contributed by atoms with Crippen LogP contribution in [0.25, 0.3) is 0 Å². The minimum Gasteiger partial charge on any atom is -0.477 e. The molecule has 0 amide bonds. The van der Waals surface area contributed by atoms with E-state index in [1.165, 1.54) is 18.2 Å². The average molecular weight is 278 g/mol. The average Bonchev–Trinajstić information content (AvgIpc) is 2.39. The van der Waals surface area contributed by atoms with Crippen LogP contribution < -0.4 is 4.74 Å². The fraction of sp³-hybridized carbons (Fsp3) is 0. The molecule has 7 nitrogen and oxygen atoms in total. The number of carboxylic acids is 1. The number of nitro benzene ring substituents is 1. The second-order valence-electron chi connectivity index (χ2n) is 3.66. The molecule has 8 heteroatoms. The van der Waals surface area contributed by atoms with Crippen molar-refractivity contribution in [3.8, 4) is 11.5 Å². The number of aromatic nitrogens is 1. The zero-order valence-electron chi connectivity index (χ0n) is 9.82. The van der Waals surface area contributed by atoms with Crippen molar-refractivity contribution in [2.75, 3.05) is 0 Å². The molecule has 20 heavy (non-hydrogen) atoms. The third-order valence-corrected chi connectivity index (χ3v) is 2.31. The fourth-order valence-electron chi connectivity index (χ4n) is 1.40. The fourth-order valence-corrected chi connectivity index (χ4v) is 1.40. The first-order valence-corrected chi connectivity index (χ1v) is 5.28. The van der Waals surface area contributed by atoms with Crippen LogP contribution in [-0.4, -0.2) is 21.0 Å². The Kier molecular flexibility index (Phi) is 3.56. The Morgan fingerprint density at radius 1 is 1.30 bits per heavy atom. The maximum absolute atomic E-state index is 13.4. The van der Waals surface area contributed by atoms with E-state index in [2.05, 4.69) is 4.98 Å². The number of carbonyl (C=O) groups is 1. The molecule has 0 aliphatic heterocycles. The Morgan fingerprint density at radius 3 is 2.50 bits per heavy atom. The molecule has 0 spiro atoms. The van der Waals surface area contributed by atoms with Gasteiger partial charge in [0.2, 0.25) is 5.82 Å². The van der Waals surface area contributed by atoms with Gasteiger partial charge in [-0.05, 0) is 18.2 Å². The van der Waals surface area contributed by atoms with E-state index < -0.39 is 22.4 Å². The number of hydrogen-bond acceptors (Lipinski definition) is 5. The Labute approximate surface area is 111 Å². The molecule has 0 unspecified atom stereocenters. The predicted octanol–water partition coefficient (Wildman–Crippen LogP) is 2.62. The van der Waals surface area contributed by atoms with Gasteiger partial charge in [-0.25, -0.2) is 9.78 Å². The lowest BCUT2D eigenvalue weighted by atomic mass is 10.3. The van der Waals surface area contributed by atoms with Crippen molar-refractivity contribution in [1.82, 2.24) is 4.98 Å². The van der Waals surface area contributed by atoms with Gasteiger partial charge in [-0.1, -0.05) is 0 Å². The van der Waals surface area contributed by atoms with Gasteiger partial charge in [0.05, 0.1) is 11.1 Å². The molecule has 1 aromatic carbocycles. The van der Waals surface area contributed by atoms with Crippen molar-refractivity contribution in [2.45, 2.75) is 0 Å². The van der Waals surface area contributed by atoms with Crippen LogP contribution in [0.1, 0.15) is 10.5 Å². The predicted molar refractivity (Wildman–Crippen MR) is 64.3 cm³/mol. The van der Waals surface area contributed by atoms with Gasteiger partial charge in [0.25, 0.3) is 0 Å². The number of aromatic carboxylic acids is 1. The van der Waals surface area contributed by atoms with Gasteiger partial charge in [-0.15, -0.1) is 0 Å². The summed E-state index contributed by atoms with van der Waals surface area (Å²) in [6.45, 7) is 0. The number of halogens is 1. The highest BCUT2D eigenvalue weighted by Crippen LogP contribution is 2.26. The minimum atomic E-state index is -1.18. The highest BCUT2D eigenvalue weighted by atomic mass is 19.1. The molecule has 2 rings (SSSR count). The van der Waals surface area contributed by atoms with Gasteiger partial charge in [-0.2, -0.15) is 4.39 Å². The molecule has 0 bridgehead atoms. The Balaban J connectivity index is 2.19. The van der Waals surface area contributed by atoms with Crippen molar-refractivity contribution in [3.05, 3.63) is 58.2 Å². The molecular formula is C12H7FN2O5. The number of hydrogen-bond donors (Lipinski definition) is 1. The maximum Gasteiger partial charge on any atom is 0.354 e. The second kappa shape index (κ2) is 5.31. The largest absolute Gasteiger partial charge is 0.477 e. The molecule has 0 aliphatic carbocycles. The SMILES string of the molecule is O=C(O)c1ccc(Oc2ccc([N+](=O)[O-])c(F)c2)cn1. The van der Waals surface area contributed by atoms with E-state index in [-0.39, 0.29) is 17.2 Å². The second-order valence-corrected chi connectivity index (χ2v) is 3.66. The van der Waals surface area contributed by atoms with E-state index in [0.29, 0.717) is 0 Å². The molecule has 1 N–H and O–H groups in total. The van der Waals surface area contributed by atoms with Crippen molar-refractivity contribution in [3.63, 3.8) is 0 Å². The standard InChI is InChI=1S/C12H7FN2O5/c13-9-5-7(2-4-11(9)15(18)19)20-8-1-3-10(12(16)17)14-6-8/h1-6H,(H,16,17). The smallest absolute Gasteiger partial charge is 0.354 e. The summed E-state index contributed by atoms with van der Waals surface area (Å²) < 4.78 is 18.6. The van der Waals surface area contributed by atoms with Gasteiger partial charge in [0, 0.05) is 12.1 Å². The quantitative estimate of drug-likeness (QED) is 0.681. The maximum atomic E-state index is 13.4. The monoisotopic (exact) mass is 278 g/mol. The van der Waals surface area contributed by atoms with E-state index in [1.807, 2.05) is 0 Å². The lowest BCUT2D eigenvalue weighted by Crippen LogP contribution is -1.99. The van der Waals surface area contributed by atoms with E-state index in [4.69, 9.17) is 9.84 Å². The van der Waals surface area contributed by atoms with Crippen molar-refractivity contribution in [1.29, 1.82) is 0 Å². The van der Waals surface area contributed by atoms with Crippen molar-refractivity contribution in [2.24, 2.45) is 0 Å². The van der Waals surface area contributed by atoms with Gasteiger partial charge >= 0.3 is 11.7 Å². The lowest BCUT2D eigenvalue weighted by molar-refractivity contribution is -0.387. The van der Waals surface area contributed by atoms with Gasteiger partial charge in [0.1, 0.15) is 17.2 Å². The number of rotatable bonds is 4. The molecule has 0 radical (unpaired) electrons. The molecule has 0 saturated heterocycles. The summed E-state index contributed by atoms with van der Waals surface area (Å²) in [5.74, 6) is -1.98. The van der Waals surface area contributed by atoms with E-state index >= 15 is 0 Å². The first-order valence-electron chi connectivity index (χ1n) is 5.28. The Hall–Kier alpha value is -3.03. The highest BCUT2D eigenvalue weighted by molar-refractivity contribution is 5.85. The van der Waals surface area contributed by atoms with Crippen LogP contribution in [0.5, 0.6) is 11.5 Å². The van der Waals surface area contributed by atoms with E-state index in [1.54, 1.807) is 0 Å². The summed E-state index contributed by atoms with van der Waals surface area (Å²) in [6, 6.07) is 5.63. The van der Waals surface area contributed by atoms with Crippen LogP contribution in [0.3, 0.4) is 0 Å². The van der Waals surface area contributed by atoms with Crippen LogP contribution in [0.4, 0.5) is 10.1 Å². The number of carboxylic acid groups (broad SMARTS) is 1. The van der Waals surface area contributed by atoms with Crippen LogP contribution in [-0.2, 0) is 0 Å². The summed E-state index contributed by atoms with van der Waals surface area (Å²) in [6.07, 6.45) is 1.16. The minimum absolute atomic E-state index is 0.0398. The number of pyridine rings is 1. The zero-order valence-corrected chi connectivity index (χ0v) is 9.82. The molecule has 1 aromatic heterocycles. The van der Waals surface area contributed by atoms with E-state index in [0.717, 1.165) is 18.3 Å². The van der Waals surface area contributed by atoms with Crippen LogP contribution in [0.15, 0.2) is 36.5 Å². The third-order valence-electron chi connectivity index (χ3n) is 2.31.